The van der Waals surface area contributed by atoms with Crippen molar-refractivity contribution in [1.82, 2.24) is 0 Å². The summed E-state index contributed by atoms with van der Waals surface area (Å²) in [5.41, 5.74) is 6.06. The molecule has 3 N–H and O–H groups in total. The molecule has 2 aromatic rings. The fourth-order valence-electron chi connectivity index (χ4n) is 1.61. The molecule has 0 bridgehead atoms. The van der Waals surface area contributed by atoms with Gasteiger partial charge in [-0.2, -0.15) is 0 Å². The summed E-state index contributed by atoms with van der Waals surface area (Å²) in [5, 5.41) is 11.8. The van der Waals surface area contributed by atoms with Crippen molar-refractivity contribution in [2.75, 3.05) is 6.54 Å². The van der Waals surface area contributed by atoms with E-state index in [2.05, 4.69) is 11.8 Å². The number of hydrogen-bond donors (Lipinski definition) is 2. The Labute approximate surface area is 94.7 Å². The fraction of sp³-hybridized carbons (Fsp3) is 0.143. The van der Waals surface area contributed by atoms with E-state index in [1.807, 2.05) is 30.3 Å². The van der Waals surface area contributed by atoms with Crippen LogP contribution >= 0.6 is 0 Å². The second-order valence-corrected chi connectivity index (χ2v) is 3.52. The highest BCUT2D eigenvalue weighted by Gasteiger charge is 2.02. The van der Waals surface area contributed by atoms with Crippen molar-refractivity contribution in [3.63, 3.8) is 0 Å². The molecule has 0 saturated carbocycles. The average molecular weight is 211 g/mol. The second-order valence-electron chi connectivity index (χ2n) is 3.52. The zero-order valence-corrected chi connectivity index (χ0v) is 8.90. The van der Waals surface area contributed by atoms with Crippen molar-refractivity contribution in [2.24, 2.45) is 5.73 Å². The van der Waals surface area contributed by atoms with Gasteiger partial charge in [-0.15, -0.1) is 0 Å². The molecule has 0 fully saturated rings. The lowest BCUT2D eigenvalue weighted by Gasteiger charge is -2.02. The molecular formula is C14H13NO. The van der Waals surface area contributed by atoms with E-state index in [0.29, 0.717) is 18.5 Å². The zero-order chi connectivity index (χ0) is 11.4. The van der Waals surface area contributed by atoms with Crippen LogP contribution in [0.25, 0.3) is 10.8 Å². The molecule has 2 rings (SSSR count). The van der Waals surface area contributed by atoms with Gasteiger partial charge in [-0.3, -0.25) is 0 Å². The summed E-state index contributed by atoms with van der Waals surface area (Å²) in [4.78, 5) is 0. The Kier molecular flexibility index (Phi) is 3.09. The summed E-state index contributed by atoms with van der Waals surface area (Å²) >= 11 is 0. The van der Waals surface area contributed by atoms with Crippen LogP contribution < -0.4 is 5.73 Å². The van der Waals surface area contributed by atoms with E-state index in [1.165, 1.54) is 0 Å². The summed E-state index contributed by atoms with van der Waals surface area (Å²) in [7, 11) is 0. The second kappa shape index (κ2) is 4.69. The molecule has 0 saturated heterocycles. The molecule has 0 aliphatic carbocycles. The molecule has 0 aliphatic heterocycles. The van der Waals surface area contributed by atoms with Gasteiger partial charge in [0, 0.05) is 18.4 Å². The van der Waals surface area contributed by atoms with E-state index in [1.54, 1.807) is 6.07 Å². The summed E-state index contributed by atoms with van der Waals surface area (Å²) in [6.45, 7) is 0.540. The van der Waals surface area contributed by atoms with Crippen LogP contribution in [0.3, 0.4) is 0 Å². The Hall–Kier alpha value is -1.98. The minimum atomic E-state index is 0.225. The van der Waals surface area contributed by atoms with Crippen LogP contribution in [0.5, 0.6) is 5.75 Å². The Morgan fingerprint density at radius 3 is 2.75 bits per heavy atom. The maximum atomic E-state index is 9.77. The number of phenols is 1. The van der Waals surface area contributed by atoms with Gasteiger partial charge in [0.05, 0.1) is 5.56 Å². The quantitative estimate of drug-likeness (QED) is 0.711. The molecule has 0 aliphatic rings. The van der Waals surface area contributed by atoms with Gasteiger partial charge in [0.2, 0.25) is 0 Å². The highest BCUT2D eigenvalue weighted by molar-refractivity contribution is 5.90. The number of phenolic OH excluding ortho intramolecular Hbond substituents is 1. The molecule has 0 atom stereocenters. The first kappa shape index (κ1) is 10.5. The van der Waals surface area contributed by atoms with Crippen LogP contribution in [0.15, 0.2) is 36.4 Å². The van der Waals surface area contributed by atoms with Crippen molar-refractivity contribution in [3.8, 4) is 17.6 Å². The predicted octanol–water partition coefficient (Wildman–Crippen LogP) is 2.25. The summed E-state index contributed by atoms with van der Waals surface area (Å²) in [5.74, 6) is 6.15. The molecule has 16 heavy (non-hydrogen) atoms. The number of benzene rings is 2. The monoisotopic (exact) mass is 211 g/mol. The van der Waals surface area contributed by atoms with Gasteiger partial charge < -0.3 is 10.8 Å². The zero-order valence-electron chi connectivity index (χ0n) is 8.90. The number of rotatable bonds is 1. The average Bonchev–Trinajstić information content (AvgIpc) is 2.32. The highest BCUT2D eigenvalue weighted by atomic mass is 16.3. The van der Waals surface area contributed by atoms with Crippen LogP contribution in [0, 0.1) is 11.8 Å². The molecule has 0 radical (unpaired) electrons. The Morgan fingerprint density at radius 2 is 1.94 bits per heavy atom. The van der Waals surface area contributed by atoms with E-state index < -0.39 is 0 Å². The molecular weight excluding hydrogens is 198 g/mol. The molecule has 0 unspecified atom stereocenters. The highest BCUT2D eigenvalue weighted by Crippen LogP contribution is 2.25. The minimum absolute atomic E-state index is 0.225. The molecule has 2 aromatic carbocycles. The lowest BCUT2D eigenvalue weighted by Crippen LogP contribution is -1.95. The van der Waals surface area contributed by atoms with Gasteiger partial charge in [-0.25, -0.2) is 0 Å². The van der Waals surface area contributed by atoms with Crippen molar-refractivity contribution < 1.29 is 5.11 Å². The maximum absolute atomic E-state index is 9.77. The van der Waals surface area contributed by atoms with Crippen LogP contribution in [-0.2, 0) is 0 Å². The minimum Gasteiger partial charge on any atom is -0.507 e. The third-order valence-corrected chi connectivity index (χ3v) is 2.39. The van der Waals surface area contributed by atoms with E-state index in [4.69, 9.17) is 5.73 Å². The summed E-state index contributed by atoms with van der Waals surface area (Å²) in [6.07, 6.45) is 0.642. The van der Waals surface area contributed by atoms with Gasteiger partial charge in [0.25, 0.3) is 0 Å². The van der Waals surface area contributed by atoms with Gasteiger partial charge in [0.15, 0.2) is 0 Å². The van der Waals surface area contributed by atoms with Crippen molar-refractivity contribution in [2.45, 2.75) is 6.42 Å². The lowest BCUT2D eigenvalue weighted by molar-refractivity contribution is 0.474. The third kappa shape index (κ3) is 2.00. The van der Waals surface area contributed by atoms with Crippen molar-refractivity contribution >= 4 is 10.8 Å². The standard InChI is InChI=1S/C14H13NO/c15-10-4-3-7-13-12-6-2-1-5-11(12)8-9-14(13)16/h1-2,5-6,8-9,16H,4,10,15H2. The van der Waals surface area contributed by atoms with Gasteiger partial charge >= 0.3 is 0 Å². The predicted molar refractivity (Wildman–Crippen MR) is 66.2 cm³/mol. The molecule has 0 amide bonds. The van der Waals surface area contributed by atoms with Crippen LogP contribution in [-0.4, -0.2) is 11.7 Å². The Bertz CT molecular complexity index is 564. The van der Waals surface area contributed by atoms with Crippen molar-refractivity contribution in [3.05, 3.63) is 42.0 Å². The third-order valence-electron chi connectivity index (χ3n) is 2.39. The van der Waals surface area contributed by atoms with E-state index >= 15 is 0 Å². The molecule has 0 heterocycles. The molecule has 0 aromatic heterocycles. The Balaban J connectivity index is 2.58. The summed E-state index contributed by atoms with van der Waals surface area (Å²) < 4.78 is 0. The number of aromatic hydroxyl groups is 1. The first-order valence-corrected chi connectivity index (χ1v) is 5.22. The van der Waals surface area contributed by atoms with Crippen LogP contribution in [0.1, 0.15) is 12.0 Å². The first-order valence-electron chi connectivity index (χ1n) is 5.22. The summed E-state index contributed by atoms with van der Waals surface area (Å²) in [6, 6.07) is 11.4. The largest absolute Gasteiger partial charge is 0.507 e. The molecule has 0 spiro atoms. The molecule has 80 valence electrons. The smallest absolute Gasteiger partial charge is 0.131 e. The maximum Gasteiger partial charge on any atom is 0.131 e. The number of nitrogens with two attached hydrogens (primary N) is 1. The van der Waals surface area contributed by atoms with Crippen LogP contribution in [0.2, 0.25) is 0 Å². The van der Waals surface area contributed by atoms with Gasteiger partial charge in [-0.1, -0.05) is 42.2 Å². The topological polar surface area (TPSA) is 46.2 Å². The molecule has 2 nitrogen and oxygen atoms in total. The van der Waals surface area contributed by atoms with E-state index in [-0.39, 0.29) is 5.75 Å². The normalized spacial score (nSPS) is 9.81. The van der Waals surface area contributed by atoms with Crippen LogP contribution in [0.4, 0.5) is 0 Å². The number of fused-ring (bicyclic) bond motifs is 1. The van der Waals surface area contributed by atoms with Crippen molar-refractivity contribution in [1.29, 1.82) is 0 Å². The lowest BCUT2D eigenvalue weighted by atomic mass is 10.0. The van der Waals surface area contributed by atoms with E-state index in [9.17, 15) is 5.11 Å². The molecule has 2 heteroatoms. The number of hydrogen-bond acceptors (Lipinski definition) is 2. The first-order chi connectivity index (χ1) is 7.83. The van der Waals surface area contributed by atoms with E-state index in [0.717, 1.165) is 10.8 Å². The fourth-order valence-corrected chi connectivity index (χ4v) is 1.61. The van der Waals surface area contributed by atoms with Gasteiger partial charge in [0.1, 0.15) is 5.75 Å². The SMILES string of the molecule is NCCC#Cc1c(O)ccc2ccccc12. The van der Waals surface area contributed by atoms with Gasteiger partial charge in [-0.05, 0) is 11.5 Å². The Morgan fingerprint density at radius 1 is 1.12 bits per heavy atom.